The van der Waals surface area contributed by atoms with Crippen molar-refractivity contribution in [2.24, 2.45) is 5.92 Å². The Morgan fingerprint density at radius 2 is 1.72 bits per heavy atom. The number of aliphatic hydroxyl groups is 1. The van der Waals surface area contributed by atoms with Gasteiger partial charge in [-0.25, -0.2) is 0 Å². The topological polar surface area (TPSA) is 55.8 Å². The summed E-state index contributed by atoms with van der Waals surface area (Å²) in [6, 6.07) is 0.797. The Bertz CT molecular complexity index is 406. The fourth-order valence-corrected chi connectivity index (χ4v) is 4.47. The summed E-state index contributed by atoms with van der Waals surface area (Å²) in [6.07, 6.45) is 12.4. The first-order valence-electron chi connectivity index (χ1n) is 10.6. The normalized spacial score (nSPS) is 27.6. The summed E-state index contributed by atoms with van der Waals surface area (Å²) in [7, 11) is 0. The summed E-state index contributed by atoms with van der Waals surface area (Å²) in [4.78, 5) is 17.3. The molecule has 1 atom stereocenters. The second-order valence-electron chi connectivity index (χ2n) is 8.45. The lowest BCUT2D eigenvalue weighted by molar-refractivity contribution is -0.123. The van der Waals surface area contributed by atoms with Crippen LogP contribution in [0.2, 0.25) is 0 Å². The minimum absolute atomic E-state index is 0.198. The van der Waals surface area contributed by atoms with E-state index in [1.807, 2.05) is 0 Å². The van der Waals surface area contributed by atoms with Crippen molar-refractivity contribution in [3.8, 4) is 0 Å². The fourth-order valence-electron chi connectivity index (χ4n) is 4.47. The van der Waals surface area contributed by atoms with E-state index in [1.165, 1.54) is 51.5 Å². The van der Waals surface area contributed by atoms with Crippen molar-refractivity contribution < 1.29 is 9.90 Å². The van der Waals surface area contributed by atoms with Crippen LogP contribution in [0.5, 0.6) is 0 Å². The number of rotatable bonds is 7. The third-order valence-corrected chi connectivity index (χ3v) is 6.18. The SMILES string of the molecule is O=C(CN1CCN(CC2CC2)C(CCO)C1)NC1CCCCCCC1. The lowest BCUT2D eigenvalue weighted by Gasteiger charge is -2.41. The number of aliphatic hydroxyl groups excluding tert-OH is 1. The maximum Gasteiger partial charge on any atom is 0.234 e. The minimum Gasteiger partial charge on any atom is -0.396 e. The van der Waals surface area contributed by atoms with Crippen LogP contribution in [0.1, 0.15) is 64.2 Å². The predicted octanol–water partition coefficient (Wildman–Crippen LogP) is 1.99. The first-order chi connectivity index (χ1) is 12.2. The van der Waals surface area contributed by atoms with Crippen LogP contribution in [0.4, 0.5) is 0 Å². The number of carbonyl (C=O) groups excluding carboxylic acids is 1. The Morgan fingerprint density at radius 1 is 1.00 bits per heavy atom. The van der Waals surface area contributed by atoms with Crippen LogP contribution in [0.15, 0.2) is 0 Å². The fraction of sp³-hybridized carbons (Fsp3) is 0.950. The van der Waals surface area contributed by atoms with Gasteiger partial charge in [-0.2, -0.15) is 0 Å². The molecule has 3 aliphatic rings. The smallest absolute Gasteiger partial charge is 0.234 e. The van der Waals surface area contributed by atoms with Gasteiger partial charge in [-0.15, -0.1) is 0 Å². The standard InChI is InChI=1S/C20H37N3O2/c24-13-10-19-15-22(11-12-23(19)14-17-8-9-17)16-20(25)21-18-6-4-2-1-3-5-7-18/h17-19,24H,1-16H2,(H,21,25). The highest BCUT2D eigenvalue weighted by molar-refractivity contribution is 5.78. The number of nitrogens with zero attached hydrogens (tertiary/aromatic N) is 2. The lowest BCUT2D eigenvalue weighted by Crippen LogP contribution is -2.56. The molecule has 2 N–H and O–H groups in total. The van der Waals surface area contributed by atoms with Crippen LogP contribution in [0.25, 0.3) is 0 Å². The zero-order chi connectivity index (χ0) is 17.5. The maximum atomic E-state index is 12.5. The van der Waals surface area contributed by atoms with Crippen molar-refractivity contribution in [1.29, 1.82) is 0 Å². The van der Waals surface area contributed by atoms with E-state index < -0.39 is 0 Å². The van der Waals surface area contributed by atoms with Crippen molar-refractivity contribution in [3.63, 3.8) is 0 Å². The molecule has 0 radical (unpaired) electrons. The minimum atomic E-state index is 0.198. The molecule has 144 valence electrons. The number of piperazine rings is 1. The molecule has 2 aliphatic carbocycles. The van der Waals surface area contributed by atoms with E-state index in [9.17, 15) is 9.90 Å². The van der Waals surface area contributed by atoms with Gasteiger partial charge in [-0.3, -0.25) is 14.6 Å². The molecule has 25 heavy (non-hydrogen) atoms. The van der Waals surface area contributed by atoms with Crippen LogP contribution in [-0.4, -0.2) is 72.2 Å². The van der Waals surface area contributed by atoms with E-state index >= 15 is 0 Å². The molecule has 1 heterocycles. The molecular weight excluding hydrogens is 314 g/mol. The van der Waals surface area contributed by atoms with Gasteiger partial charge in [-0.05, 0) is 38.0 Å². The third-order valence-electron chi connectivity index (χ3n) is 6.18. The van der Waals surface area contributed by atoms with E-state index in [4.69, 9.17) is 0 Å². The Hall–Kier alpha value is -0.650. The van der Waals surface area contributed by atoms with Crippen molar-refractivity contribution in [3.05, 3.63) is 0 Å². The molecule has 0 aromatic rings. The molecule has 3 fully saturated rings. The highest BCUT2D eigenvalue weighted by atomic mass is 16.3. The van der Waals surface area contributed by atoms with Gasteiger partial charge < -0.3 is 10.4 Å². The van der Waals surface area contributed by atoms with E-state index in [0.717, 1.165) is 44.8 Å². The summed E-state index contributed by atoms with van der Waals surface area (Å²) in [5.74, 6) is 1.08. The van der Waals surface area contributed by atoms with Gasteiger partial charge in [0.25, 0.3) is 0 Å². The van der Waals surface area contributed by atoms with Crippen molar-refractivity contribution in [2.75, 3.05) is 39.3 Å². The summed E-state index contributed by atoms with van der Waals surface area (Å²) in [5.41, 5.74) is 0. The quantitative estimate of drug-likeness (QED) is 0.737. The summed E-state index contributed by atoms with van der Waals surface area (Å²) >= 11 is 0. The molecule has 0 spiro atoms. The molecule has 1 saturated heterocycles. The zero-order valence-corrected chi connectivity index (χ0v) is 15.8. The largest absolute Gasteiger partial charge is 0.396 e. The highest BCUT2D eigenvalue weighted by Crippen LogP contribution is 2.31. The first kappa shape index (κ1) is 19.1. The molecule has 0 bridgehead atoms. The van der Waals surface area contributed by atoms with Gasteiger partial charge >= 0.3 is 0 Å². The highest BCUT2D eigenvalue weighted by Gasteiger charge is 2.32. The van der Waals surface area contributed by atoms with Crippen LogP contribution < -0.4 is 5.32 Å². The number of carbonyl (C=O) groups is 1. The Labute approximate surface area is 153 Å². The average Bonchev–Trinajstić information content (AvgIpc) is 3.37. The second-order valence-corrected chi connectivity index (χ2v) is 8.45. The molecular formula is C20H37N3O2. The molecule has 1 unspecified atom stereocenters. The van der Waals surface area contributed by atoms with Crippen LogP contribution >= 0.6 is 0 Å². The van der Waals surface area contributed by atoms with E-state index in [1.54, 1.807) is 0 Å². The molecule has 2 saturated carbocycles. The van der Waals surface area contributed by atoms with Crippen LogP contribution in [0.3, 0.4) is 0 Å². The number of hydrogen-bond donors (Lipinski definition) is 2. The Kier molecular flexibility index (Phi) is 7.56. The second kappa shape index (κ2) is 9.89. The molecule has 0 aromatic heterocycles. The molecule has 5 heteroatoms. The van der Waals surface area contributed by atoms with E-state index in [-0.39, 0.29) is 12.5 Å². The monoisotopic (exact) mass is 351 g/mol. The number of nitrogens with one attached hydrogen (secondary N) is 1. The van der Waals surface area contributed by atoms with Crippen molar-refractivity contribution in [2.45, 2.75) is 76.3 Å². The molecule has 0 aromatic carbocycles. The molecule has 5 nitrogen and oxygen atoms in total. The van der Waals surface area contributed by atoms with Crippen molar-refractivity contribution in [1.82, 2.24) is 15.1 Å². The van der Waals surface area contributed by atoms with Gasteiger partial charge in [-0.1, -0.05) is 32.1 Å². The third kappa shape index (κ3) is 6.54. The molecule has 1 aliphatic heterocycles. The Balaban J connectivity index is 1.42. The number of amides is 1. The predicted molar refractivity (Wildman–Crippen MR) is 100 cm³/mol. The summed E-state index contributed by atoms with van der Waals surface area (Å²) < 4.78 is 0. The van der Waals surface area contributed by atoms with Crippen LogP contribution in [0, 0.1) is 5.92 Å². The zero-order valence-electron chi connectivity index (χ0n) is 15.8. The molecule has 3 rings (SSSR count). The molecule has 1 amide bonds. The average molecular weight is 352 g/mol. The van der Waals surface area contributed by atoms with Gasteiger partial charge in [0.15, 0.2) is 0 Å². The van der Waals surface area contributed by atoms with E-state index in [0.29, 0.717) is 18.6 Å². The van der Waals surface area contributed by atoms with Gasteiger partial charge in [0.2, 0.25) is 5.91 Å². The van der Waals surface area contributed by atoms with Gasteiger partial charge in [0.05, 0.1) is 6.54 Å². The van der Waals surface area contributed by atoms with Gasteiger partial charge in [0, 0.05) is 44.9 Å². The summed E-state index contributed by atoms with van der Waals surface area (Å²) in [6.45, 7) is 4.90. The first-order valence-corrected chi connectivity index (χ1v) is 10.6. The van der Waals surface area contributed by atoms with Gasteiger partial charge in [0.1, 0.15) is 0 Å². The van der Waals surface area contributed by atoms with E-state index in [2.05, 4.69) is 15.1 Å². The Morgan fingerprint density at radius 3 is 2.40 bits per heavy atom. The van der Waals surface area contributed by atoms with Crippen LogP contribution in [-0.2, 0) is 4.79 Å². The lowest BCUT2D eigenvalue weighted by atomic mass is 9.97. The summed E-state index contributed by atoms with van der Waals surface area (Å²) in [5, 5.41) is 12.7. The maximum absolute atomic E-state index is 12.5. The van der Waals surface area contributed by atoms with Crippen molar-refractivity contribution >= 4 is 5.91 Å². The number of hydrogen-bond acceptors (Lipinski definition) is 4.